The van der Waals surface area contributed by atoms with E-state index in [1.807, 2.05) is 13.8 Å². The third kappa shape index (κ3) is 4.96. The first-order chi connectivity index (χ1) is 12.2. The zero-order chi connectivity index (χ0) is 19.9. The lowest BCUT2D eigenvalue weighted by molar-refractivity contribution is -0.162. The summed E-state index contributed by atoms with van der Waals surface area (Å²) in [7, 11) is 0. The van der Waals surface area contributed by atoms with Crippen molar-refractivity contribution in [1.82, 2.24) is 15.5 Å². The zero-order valence-corrected chi connectivity index (χ0v) is 15.8. The van der Waals surface area contributed by atoms with Crippen molar-refractivity contribution in [1.29, 1.82) is 0 Å². The van der Waals surface area contributed by atoms with Gasteiger partial charge in [0.25, 0.3) is 5.97 Å². The molecule has 2 atom stereocenters. The Morgan fingerprint density at radius 1 is 1.35 bits per heavy atom. The van der Waals surface area contributed by atoms with Gasteiger partial charge in [-0.2, -0.15) is 0 Å². The number of carboxylic acids is 1. The summed E-state index contributed by atoms with van der Waals surface area (Å²) in [5, 5.41) is 23.7. The van der Waals surface area contributed by atoms with E-state index >= 15 is 0 Å². The van der Waals surface area contributed by atoms with Crippen LogP contribution < -0.4 is 10.6 Å². The largest absolute Gasteiger partial charge is 0.481 e. The van der Waals surface area contributed by atoms with Crippen LogP contribution >= 0.6 is 0 Å². The fourth-order valence-electron chi connectivity index (χ4n) is 3.18. The van der Waals surface area contributed by atoms with Crippen molar-refractivity contribution in [2.24, 2.45) is 5.92 Å². The first-order valence-corrected chi connectivity index (χ1v) is 8.77. The van der Waals surface area contributed by atoms with Crippen LogP contribution in [0.15, 0.2) is 0 Å². The standard InChI is InChI=1S/C16H25N3O3.C2H4O2/c1-4-5-10-19-14(21)12(13(20)11(2)3)18-15(22)16(19)6-8-17-9-7-16;1-2(3)4/h11-13,17,20H,6-10H2,1-3H3,(H,18,22);1H3,(H,3,4). The lowest BCUT2D eigenvalue weighted by atomic mass is 9.81. The molecule has 2 saturated heterocycles. The first-order valence-electron chi connectivity index (χ1n) is 8.77. The van der Waals surface area contributed by atoms with Gasteiger partial charge in [0.2, 0.25) is 11.8 Å². The number of carbonyl (C=O) groups is 3. The lowest BCUT2D eigenvalue weighted by Crippen LogP contribution is -2.74. The van der Waals surface area contributed by atoms with Crippen LogP contribution in [0.5, 0.6) is 0 Å². The number of aliphatic hydroxyl groups excluding tert-OH is 1. The number of aliphatic carboxylic acids is 1. The number of nitrogens with zero attached hydrogens (tertiary/aromatic N) is 1. The molecule has 2 rings (SSSR count). The van der Waals surface area contributed by atoms with E-state index in [-0.39, 0.29) is 24.3 Å². The molecule has 26 heavy (non-hydrogen) atoms. The van der Waals surface area contributed by atoms with E-state index in [9.17, 15) is 14.7 Å². The highest BCUT2D eigenvalue weighted by molar-refractivity contribution is 6.00. The van der Waals surface area contributed by atoms with Gasteiger partial charge in [-0.3, -0.25) is 14.4 Å². The van der Waals surface area contributed by atoms with Gasteiger partial charge in [0.1, 0.15) is 11.6 Å². The summed E-state index contributed by atoms with van der Waals surface area (Å²) in [6.45, 7) is 8.06. The van der Waals surface area contributed by atoms with E-state index in [0.717, 1.165) is 6.92 Å². The highest BCUT2D eigenvalue weighted by Gasteiger charge is 2.54. The van der Waals surface area contributed by atoms with Crippen molar-refractivity contribution in [3.8, 4) is 11.8 Å². The Kier molecular flexibility index (Phi) is 8.06. The number of nitrogens with one attached hydrogen (secondary N) is 2. The summed E-state index contributed by atoms with van der Waals surface area (Å²) in [5.74, 6) is 4.34. The van der Waals surface area contributed by atoms with Crippen molar-refractivity contribution in [3.05, 3.63) is 0 Å². The van der Waals surface area contributed by atoms with Gasteiger partial charge in [-0.15, -0.1) is 5.92 Å². The van der Waals surface area contributed by atoms with Crippen molar-refractivity contribution in [3.63, 3.8) is 0 Å². The first kappa shape index (κ1) is 21.9. The molecule has 0 aromatic rings. The van der Waals surface area contributed by atoms with Crippen LogP contribution in [0.2, 0.25) is 0 Å². The van der Waals surface area contributed by atoms with E-state index in [0.29, 0.717) is 25.9 Å². The summed E-state index contributed by atoms with van der Waals surface area (Å²) in [4.78, 5) is 36.2. The van der Waals surface area contributed by atoms with Gasteiger partial charge >= 0.3 is 0 Å². The zero-order valence-electron chi connectivity index (χ0n) is 15.8. The minimum absolute atomic E-state index is 0.115. The van der Waals surface area contributed by atoms with Crippen LogP contribution in [-0.2, 0) is 14.4 Å². The molecule has 0 radical (unpaired) electrons. The number of amides is 2. The summed E-state index contributed by atoms with van der Waals surface area (Å²) in [5.41, 5.74) is -0.834. The van der Waals surface area contributed by atoms with Crippen LogP contribution in [0, 0.1) is 17.8 Å². The van der Waals surface area contributed by atoms with Crippen LogP contribution in [-0.4, -0.2) is 70.2 Å². The quantitative estimate of drug-likeness (QED) is 0.503. The van der Waals surface area contributed by atoms with Gasteiger partial charge in [-0.25, -0.2) is 0 Å². The van der Waals surface area contributed by atoms with E-state index in [4.69, 9.17) is 9.90 Å². The maximum atomic E-state index is 12.9. The molecule has 0 bridgehead atoms. The van der Waals surface area contributed by atoms with Crippen LogP contribution in [0.1, 0.15) is 40.5 Å². The highest BCUT2D eigenvalue weighted by atomic mass is 16.4. The van der Waals surface area contributed by atoms with Crippen molar-refractivity contribution >= 4 is 17.8 Å². The molecule has 8 nitrogen and oxygen atoms in total. The van der Waals surface area contributed by atoms with Crippen LogP contribution in [0.25, 0.3) is 0 Å². The second-order valence-electron chi connectivity index (χ2n) is 6.84. The molecular weight excluding hydrogens is 338 g/mol. The molecule has 2 aliphatic rings. The highest BCUT2D eigenvalue weighted by Crippen LogP contribution is 2.31. The maximum Gasteiger partial charge on any atom is 0.300 e. The fourth-order valence-corrected chi connectivity index (χ4v) is 3.18. The third-order valence-corrected chi connectivity index (χ3v) is 4.63. The number of aliphatic hydroxyl groups is 1. The summed E-state index contributed by atoms with van der Waals surface area (Å²) >= 11 is 0. The number of piperazine rings is 1. The molecule has 0 aromatic carbocycles. The average molecular weight is 367 g/mol. The SMILES string of the molecule is CC#CCN1C(=O)C(C(O)C(C)C)NC(=O)C12CCNCC2.CC(=O)O. The Labute approximate surface area is 154 Å². The summed E-state index contributed by atoms with van der Waals surface area (Å²) in [6.07, 6.45) is 0.244. The van der Waals surface area contributed by atoms with Gasteiger partial charge in [-0.1, -0.05) is 19.8 Å². The number of rotatable bonds is 3. The Morgan fingerprint density at radius 2 is 1.88 bits per heavy atom. The minimum atomic E-state index is -0.896. The van der Waals surface area contributed by atoms with Gasteiger partial charge in [0.15, 0.2) is 0 Å². The molecule has 0 aliphatic carbocycles. The van der Waals surface area contributed by atoms with E-state index in [1.165, 1.54) is 0 Å². The molecule has 2 amide bonds. The molecule has 8 heteroatoms. The number of hydrogen-bond acceptors (Lipinski definition) is 5. The van der Waals surface area contributed by atoms with Crippen LogP contribution in [0.4, 0.5) is 0 Å². The molecule has 2 aliphatic heterocycles. The second-order valence-corrected chi connectivity index (χ2v) is 6.84. The van der Waals surface area contributed by atoms with Crippen molar-refractivity contribution in [2.45, 2.75) is 58.2 Å². The third-order valence-electron chi connectivity index (χ3n) is 4.63. The monoisotopic (exact) mass is 367 g/mol. The molecule has 0 saturated carbocycles. The fraction of sp³-hybridized carbons (Fsp3) is 0.722. The van der Waals surface area contributed by atoms with Gasteiger partial charge < -0.3 is 25.7 Å². The predicted molar refractivity (Wildman–Crippen MR) is 96.1 cm³/mol. The smallest absolute Gasteiger partial charge is 0.300 e. The number of carboxylic acid groups (broad SMARTS) is 1. The molecular formula is C18H29N3O5. The number of carbonyl (C=O) groups excluding carboxylic acids is 2. The Balaban J connectivity index is 0.000000765. The molecule has 146 valence electrons. The van der Waals surface area contributed by atoms with E-state index in [2.05, 4.69) is 22.5 Å². The lowest BCUT2D eigenvalue weighted by Gasteiger charge is -2.50. The van der Waals surface area contributed by atoms with Crippen LogP contribution in [0.3, 0.4) is 0 Å². The number of hydrogen-bond donors (Lipinski definition) is 4. The predicted octanol–water partition coefficient (Wildman–Crippen LogP) is -0.433. The van der Waals surface area contributed by atoms with Gasteiger partial charge in [0, 0.05) is 6.92 Å². The minimum Gasteiger partial charge on any atom is -0.481 e. The summed E-state index contributed by atoms with van der Waals surface area (Å²) < 4.78 is 0. The average Bonchev–Trinajstić information content (AvgIpc) is 2.58. The van der Waals surface area contributed by atoms with Gasteiger partial charge in [-0.05, 0) is 38.8 Å². The molecule has 2 unspecified atom stereocenters. The molecule has 1 spiro atoms. The maximum absolute atomic E-state index is 12.9. The molecule has 4 N–H and O–H groups in total. The van der Waals surface area contributed by atoms with Crippen molar-refractivity contribution < 1.29 is 24.6 Å². The summed E-state index contributed by atoms with van der Waals surface area (Å²) in [6, 6.07) is -0.883. The topological polar surface area (TPSA) is 119 Å². The Hall–Kier alpha value is -2.11. The molecule has 2 fully saturated rings. The van der Waals surface area contributed by atoms with E-state index in [1.54, 1.807) is 11.8 Å². The Bertz CT molecular complexity index is 583. The van der Waals surface area contributed by atoms with E-state index < -0.39 is 23.7 Å². The normalized spacial score (nSPS) is 22.7. The van der Waals surface area contributed by atoms with Crippen molar-refractivity contribution in [2.75, 3.05) is 19.6 Å². The second kappa shape index (κ2) is 9.55. The molecule has 0 aromatic heterocycles. The number of piperidine rings is 1. The molecule has 2 heterocycles. The Morgan fingerprint density at radius 3 is 2.35 bits per heavy atom. The van der Waals surface area contributed by atoms with Gasteiger partial charge in [0.05, 0.1) is 12.6 Å².